The van der Waals surface area contributed by atoms with Crippen molar-refractivity contribution in [3.63, 3.8) is 0 Å². The number of piperazine rings is 1. The van der Waals surface area contributed by atoms with Gasteiger partial charge in [-0.1, -0.05) is 13.3 Å². The fourth-order valence-corrected chi connectivity index (χ4v) is 4.78. The Morgan fingerprint density at radius 2 is 1.72 bits per heavy atom. The summed E-state index contributed by atoms with van der Waals surface area (Å²) in [7, 11) is -2.49. The maximum absolute atomic E-state index is 13.5. The first-order valence-electron chi connectivity index (χ1n) is 10.3. The summed E-state index contributed by atoms with van der Waals surface area (Å²) < 4.78 is 64.3. The first-order chi connectivity index (χ1) is 15.3. The monoisotopic (exact) mass is 468 g/mol. The number of carbonyl (C=O) groups excluding carboxylic acids is 1. The van der Waals surface area contributed by atoms with Gasteiger partial charge in [0.1, 0.15) is 0 Å². The number of methoxy groups -OCH3 is 1. The van der Waals surface area contributed by atoms with Crippen LogP contribution < -0.4 is 9.47 Å². The quantitative estimate of drug-likeness (QED) is 0.556. The number of benzene rings is 2. The highest BCUT2D eigenvalue weighted by molar-refractivity contribution is 7.89. The Bertz CT molecular complexity index is 1070. The molecule has 1 aliphatic rings. The molecule has 32 heavy (non-hydrogen) atoms. The first-order valence-corrected chi connectivity index (χ1v) is 11.8. The lowest BCUT2D eigenvalue weighted by Crippen LogP contribution is -2.50. The molecule has 0 unspecified atom stereocenters. The molecule has 0 aromatic heterocycles. The second-order valence-corrected chi connectivity index (χ2v) is 9.28. The molecule has 0 atom stereocenters. The predicted molar refractivity (Wildman–Crippen MR) is 114 cm³/mol. The Morgan fingerprint density at radius 3 is 2.34 bits per heavy atom. The number of carbonyl (C=O) groups is 1. The van der Waals surface area contributed by atoms with Crippen LogP contribution in [0.1, 0.15) is 30.1 Å². The van der Waals surface area contributed by atoms with Gasteiger partial charge in [-0.3, -0.25) is 4.79 Å². The molecule has 174 valence electrons. The van der Waals surface area contributed by atoms with Crippen LogP contribution >= 0.6 is 0 Å². The number of hydrogen-bond acceptors (Lipinski definition) is 5. The fraction of sp³-hybridized carbons (Fsp3) is 0.409. The summed E-state index contributed by atoms with van der Waals surface area (Å²) in [6, 6.07) is 7.42. The lowest BCUT2D eigenvalue weighted by atomic mass is 10.1. The molecular formula is C22H26F2N2O5S. The van der Waals surface area contributed by atoms with E-state index in [1.54, 1.807) is 23.1 Å². The van der Waals surface area contributed by atoms with Gasteiger partial charge in [0.05, 0.1) is 18.6 Å². The van der Waals surface area contributed by atoms with Crippen LogP contribution in [0.15, 0.2) is 41.3 Å². The van der Waals surface area contributed by atoms with Crippen LogP contribution in [0.5, 0.6) is 11.5 Å². The van der Waals surface area contributed by atoms with Gasteiger partial charge in [0.2, 0.25) is 10.0 Å². The van der Waals surface area contributed by atoms with E-state index in [2.05, 4.69) is 6.92 Å². The summed E-state index contributed by atoms with van der Waals surface area (Å²) in [6.45, 7) is 3.03. The highest BCUT2D eigenvalue weighted by Gasteiger charge is 2.31. The van der Waals surface area contributed by atoms with Gasteiger partial charge in [-0.15, -0.1) is 0 Å². The highest BCUT2D eigenvalue weighted by atomic mass is 32.2. The maximum Gasteiger partial charge on any atom is 0.254 e. The molecule has 7 nitrogen and oxygen atoms in total. The van der Waals surface area contributed by atoms with Crippen molar-refractivity contribution in [2.45, 2.75) is 24.7 Å². The van der Waals surface area contributed by atoms with Crippen LogP contribution in [-0.4, -0.2) is 63.4 Å². The average molecular weight is 469 g/mol. The molecule has 0 saturated carbocycles. The molecule has 0 radical (unpaired) electrons. The Balaban J connectivity index is 1.67. The van der Waals surface area contributed by atoms with Gasteiger partial charge in [0, 0.05) is 31.7 Å². The van der Waals surface area contributed by atoms with Crippen LogP contribution in [0, 0.1) is 11.6 Å². The van der Waals surface area contributed by atoms with Crippen LogP contribution in [0.3, 0.4) is 0 Å². The fourth-order valence-electron chi connectivity index (χ4n) is 3.35. The van der Waals surface area contributed by atoms with Gasteiger partial charge in [-0.05, 0) is 42.8 Å². The molecule has 2 aromatic carbocycles. The molecular weight excluding hydrogens is 442 g/mol. The summed E-state index contributed by atoms with van der Waals surface area (Å²) in [5.41, 5.74) is 0.404. The Morgan fingerprint density at radius 1 is 1.00 bits per heavy atom. The average Bonchev–Trinajstić information content (AvgIpc) is 2.80. The summed E-state index contributed by atoms with van der Waals surface area (Å²) in [5, 5.41) is 0. The van der Waals surface area contributed by atoms with Crippen molar-refractivity contribution >= 4 is 15.9 Å². The van der Waals surface area contributed by atoms with Crippen molar-refractivity contribution in [1.29, 1.82) is 0 Å². The zero-order chi connectivity index (χ0) is 23.3. The first kappa shape index (κ1) is 23.9. The van der Waals surface area contributed by atoms with Crippen molar-refractivity contribution in [2.75, 3.05) is 39.9 Å². The number of unbranched alkanes of at least 4 members (excludes halogenated alkanes) is 1. The number of ether oxygens (including phenoxy) is 2. The molecule has 0 N–H and O–H groups in total. The van der Waals surface area contributed by atoms with E-state index >= 15 is 0 Å². The third-order valence-electron chi connectivity index (χ3n) is 5.22. The maximum atomic E-state index is 13.5. The smallest absolute Gasteiger partial charge is 0.254 e. The van der Waals surface area contributed by atoms with Crippen molar-refractivity contribution < 1.29 is 31.5 Å². The van der Waals surface area contributed by atoms with Crippen LogP contribution in [0.25, 0.3) is 0 Å². The summed E-state index contributed by atoms with van der Waals surface area (Å²) >= 11 is 0. The van der Waals surface area contributed by atoms with E-state index < -0.39 is 21.7 Å². The SMILES string of the molecule is CCCCOc1ccc(C(=O)N2CCN(S(=O)(=O)c3ccc(F)c(F)c3)CC2)cc1OC. The van der Waals surface area contributed by atoms with E-state index in [0.29, 0.717) is 29.7 Å². The Labute approximate surface area is 186 Å². The minimum absolute atomic E-state index is 0.0441. The molecule has 1 heterocycles. The van der Waals surface area contributed by atoms with E-state index in [1.807, 2.05) is 0 Å². The zero-order valence-electron chi connectivity index (χ0n) is 18.0. The summed E-state index contributed by atoms with van der Waals surface area (Å²) in [5.74, 6) is -1.59. The number of sulfonamides is 1. The van der Waals surface area contributed by atoms with E-state index in [1.165, 1.54) is 7.11 Å². The molecule has 1 fully saturated rings. The zero-order valence-corrected chi connectivity index (χ0v) is 18.8. The van der Waals surface area contributed by atoms with Gasteiger partial charge in [0.25, 0.3) is 5.91 Å². The third-order valence-corrected chi connectivity index (χ3v) is 7.12. The third kappa shape index (κ3) is 5.18. The van der Waals surface area contributed by atoms with E-state index in [0.717, 1.165) is 29.3 Å². The van der Waals surface area contributed by atoms with Gasteiger partial charge in [-0.25, -0.2) is 17.2 Å². The molecule has 0 aliphatic carbocycles. The van der Waals surface area contributed by atoms with Crippen molar-refractivity contribution in [3.05, 3.63) is 53.6 Å². The molecule has 3 rings (SSSR count). The molecule has 1 aliphatic heterocycles. The minimum atomic E-state index is -3.99. The Hall–Kier alpha value is -2.72. The Kier molecular flexibility index (Phi) is 7.68. The molecule has 10 heteroatoms. The lowest BCUT2D eigenvalue weighted by molar-refractivity contribution is 0.0697. The molecule has 1 amide bonds. The molecule has 0 bridgehead atoms. The normalized spacial score (nSPS) is 14.9. The number of halogens is 2. The second kappa shape index (κ2) is 10.3. The second-order valence-electron chi connectivity index (χ2n) is 7.34. The molecule has 2 aromatic rings. The van der Waals surface area contributed by atoms with Crippen LogP contribution in [0.4, 0.5) is 8.78 Å². The molecule has 0 spiro atoms. The van der Waals surface area contributed by atoms with Crippen molar-refractivity contribution in [3.8, 4) is 11.5 Å². The largest absolute Gasteiger partial charge is 0.493 e. The van der Waals surface area contributed by atoms with Gasteiger partial charge >= 0.3 is 0 Å². The highest BCUT2D eigenvalue weighted by Crippen LogP contribution is 2.29. The predicted octanol–water partition coefficient (Wildman–Crippen LogP) is 3.30. The number of amides is 1. The van der Waals surface area contributed by atoms with E-state index in [-0.39, 0.29) is 37.0 Å². The van der Waals surface area contributed by atoms with Gasteiger partial charge in [0.15, 0.2) is 23.1 Å². The van der Waals surface area contributed by atoms with Gasteiger partial charge < -0.3 is 14.4 Å². The number of hydrogen-bond donors (Lipinski definition) is 0. The standard InChI is InChI=1S/C22H26F2N2O5S/c1-3-4-13-31-20-8-5-16(14-21(20)30-2)22(27)25-9-11-26(12-10-25)32(28,29)17-6-7-18(23)19(24)15-17/h5-8,14-15H,3-4,9-13H2,1-2H3. The van der Waals surface area contributed by atoms with Gasteiger partial charge in [-0.2, -0.15) is 4.31 Å². The van der Waals surface area contributed by atoms with E-state index in [4.69, 9.17) is 9.47 Å². The lowest BCUT2D eigenvalue weighted by Gasteiger charge is -2.34. The van der Waals surface area contributed by atoms with Crippen LogP contribution in [-0.2, 0) is 10.0 Å². The number of rotatable bonds is 8. The van der Waals surface area contributed by atoms with E-state index in [9.17, 15) is 22.0 Å². The minimum Gasteiger partial charge on any atom is -0.493 e. The van der Waals surface area contributed by atoms with Crippen LogP contribution in [0.2, 0.25) is 0 Å². The number of nitrogens with zero attached hydrogens (tertiary/aromatic N) is 2. The summed E-state index contributed by atoms with van der Waals surface area (Å²) in [6.07, 6.45) is 1.90. The topological polar surface area (TPSA) is 76.2 Å². The van der Waals surface area contributed by atoms with Crippen molar-refractivity contribution in [1.82, 2.24) is 9.21 Å². The molecule has 1 saturated heterocycles. The summed E-state index contributed by atoms with van der Waals surface area (Å²) in [4.78, 5) is 14.1. The van der Waals surface area contributed by atoms with Crippen molar-refractivity contribution in [2.24, 2.45) is 0 Å².